The molecule has 5 aliphatic rings. The van der Waals surface area contributed by atoms with Crippen LogP contribution in [0.5, 0.6) is 0 Å². The number of hydrogen-bond donors (Lipinski definition) is 0. The Morgan fingerprint density at radius 2 is 1.77 bits per heavy atom. The zero-order valence-electron chi connectivity index (χ0n) is 27.1. The minimum absolute atomic E-state index is 0.0250. The lowest BCUT2D eigenvalue weighted by molar-refractivity contribution is -0.160. The number of ketones is 1. The predicted molar refractivity (Wildman–Crippen MR) is 159 cm³/mol. The lowest BCUT2D eigenvalue weighted by Crippen LogP contribution is -2.66. The Morgan fingerprint density at radius 3 is 2.51 bits per heavy atom. The van der Waals surface area contributed by atoms with Gasteiger partial charge in [-0.05, 0) is 90.9 Å². The van der Waals surface area contributed by atoms with Gasteiger partial charge in [-0.2, -0.15) is 4.98 Å². The van der Waals surface area contributed by atoms with Crippen LogP contribution in [-0.2, 0) is 38.2 Å². The van der Waals surface area contributed by atoms with Crippen molar-refractivity contribution in [1.82, 2.24) is 15.3 Å². The first-order valence-electron chi connectivity index (χ1n) is 16.2. The summed E-state index contributed by atoms with van der Waals surface area (Å²) in [6.07, 6.45) is 11.8. The van der Waals surface area contributed by atoms with Gasteiger partial charge in [-0.1, -0.05) is 64.4 Å². The Bertz CT molecular complexity index is 1530. The molecular weight excluding hydrogens is 542 g/mol. The van der Waals surface area contributed by atoms with Crippen molar-refractivity contribution in [3.63, 3.8) is 0 Å². The molecule has 232 valence electrons. The molecule has 0 aliphatic heterocycles. The molecule has 7 atom stereocenters. The molecule has 2 aromatic rings. The highest BCUT2D eigenvalue weighted by Gasteiger charge is 2.70. The van der Waals surface area contributed by atoms with E-state index >= 15 is 0 Å². The van der Waals surface area contributed by atoms with E-state index in [1.807, 2.05) is 6.20 Å². The van der Waals surface area contributed by atoms with Gasteiger partial charge >= 0.3 is 5.97 Å². The van der Waals surface area contributed by atoms with Crippen LogP contribution in [0.25, 0.3) is 0 Å². The highest BCUT2D eigenvalue weighted by Crippen LogP contribution is 2.74. The van der Waals surface area contributed by atoms with Crippen LogP contribution in [0.4, 0.5) is 0 Å². The van der Waals surface area contributed by atoms with E-state index in [1.165, 1.54) is 18.1 Å². The maximum absolute atomic E-state index is 14.8. The van der Waals surface area contributed by atoms with Crippen molar-refractivity contribution in [3.05, 3.63) is 40.9 Å². The van der Waals surface area contributed by atoms with E-state index in [4.69, 9.17) is 18.8 Å². The van der Waals surface area contributed by atoms with Crippen LogP contribution in [0, 0.1) is 39.4 Å². The largest absolute Gasteiger partial charge is 0.456 e. The quantitative estimate of drug-likeness (QED) is 0.350. The maximum Gasteiger partial charge on any atom is 0.303 e. The summed E-state index contributed by atoms with van der Waals surface area (Å²) in [5.74, 6) is 2.29. The SMILES string of the molecule is CC(=O)OCc1nc([C@]23CCC(C)(C)C[C@H]2[C@H]2C(=O)C=C4[C@@]5(C)Cc6cnoc6C(C)(C)[C@@H]5CC[C@@]4(C)[C@]2(C)CC3)no1. The summed E-state index contributed by atoms with van der Waals surface area (Å²) < 4.78 is 16.6. The topological polar surface area (TPSA) is 108 Å². The van der Waals surface area contributed by atoms with Gasteiger partial charge in [0.1, 0.15) is 5.76 Å². The molecule has 0 spiro atoms. The average Bonchev–Trinajstić information content (AvgIpc) is 3.59. The number of allylic oxidation sites excluding steroid dienone is 2. The third-order valence-corrected chi connectivity index (χ3v) is 13.6. The second-order valence-corrected chi connectivity index (χ2v) is 16.7. The minimum Gasteiger partial charge on any atom is -0.456 e. The number of esters is 1. The third-order valence-electron chi connectivity index (χ3n) is 13.6. The fourth-order valence-electron chi connectivity index (χ4n) is 11.4. The number of rotatable bonds is 3. The summed E-state index contributed by atoms with van der Waals surface area (Å²) in [5, 5.41) is 8.72. The van der Waals surface area contributed by atoms with Gasteiger partial charge in [0.25, 0.3) is 5.89 Å². The van der Waals surface area contributed by atoms with Crippen molar-refractivity contribution >= 4 is 11.8 Å². The highest BCUT2D eigenvalue weighted by atomic mass is 16.6. The van der Waals surface area contributed by atoms with E-state index in [1.54, 1.807) is 0 Å². The summed E-state index contributed by atoms with van der Waals surface area (Å²) in [6, 6.07) is 0. The maximum atomic E-state index is 14.8. The Labute approximate surface area is 254 Å². The summed E-state index contributed by atoms with van der Waals surface area (Å²) in [5.41, 5.74) is 1.74. The van der Waals surface area contributed by atoms with Gasteiger partial charge in [-0.3, -0.25) is 9.59 Å². The summed E-state index contributed by atoms with van der Waals surface area (Å²) >= 11 is 0. The van der Waals surface area contributed by atoms with Crippen LogP contribution < -0.4 is 0 Å². The van der Waals surface area contributed by atoms with Gasteiger partial charge in [-0.25, -0.2) is 0 Å². The molecule has 3 saturated carbocycles. The van der Waals surface area contributed by atoms with Crippen molar-refractivity contribution in [2.24, 2.45) is 39.4 Å². The smallest absolute Gasteiger partial charge is 0.303 e. The fourth-order valence-corrected chi connectivity index (χ4v) is 11.4. The van der Waals surface area contributed by atoms with Crippen LogP contribution in [-0.4, -0.2) is 27.0 Å². The molecule has 0 radical (unpaired) electrons. The first kappa shape index (κ1) is 29.0. The number of ether oxygens (including phenoxy) is 1. The monoisotopic (exact) mass is 589 g/mol. The predicted octanol–water partition coefficient (Wildman–Crippen LogP) is 7.07. The Kier molecular flexibility index (Phi) is 6.00. The molecule has 5 aliphatic carbocycles. The number of fused-ring (bicyclic) bond motifs is 8. The normalized spacial score (nSPS) is 40.7. The second kappa shape index (κ2) is 8.91. The zero-order valence-corrected chi connectivity index (χ0v) is 27.1. The van der Waals surface area contributed by atoms with Crippen LogP contribution >= 0.6 is 0 Å². The minimum atomic E-state index is -0.377. The van der Waals surface area contributed by atoms with Gasteiger partial charge in [0.15, 0.2) is 18.2 Å². The number of hydrogen-bond acceptors (Lipinski definition) is 8. The van der Waals surface area contributed by atoms with Gasteiger partial charge in [0.2, 0.25) is 0 Å². The number of aromatic nitrogens is 3. The lowest BCUT2D eigenvalue weighted by Gasteiger charge is -2.69. The van der Waals surface area contributed by atoms with Crippen molar-refractivity contribution in [3.8, 4) is 0 Å². The molecule has 0 aromatic carbocycles. The lowest BCUT2D eigenvalue weighted by atomic mass is 9.34. The molecule has 0 saturated heterocycles. The molecule has 2 heterocycles. The molecule has 0 N–H and O–H groups in total. The van der Waals surface area contributed by atoms with E-state index in [0.717, 1.165) is 57.1 Å². The fraction of sp³-hybridized carbons (Fsp3) is 0.743. The van der Waals surface area contributed by atoms with Gasteiger partial charge in [-0.15, -0.1) is 0 Å². The van der Waals surface area contributed by atoms with E-state index in [9.17, 15) is 9.59 Å². The van der Waals surface area contributed by atoms with Gasteiger partial charge < -0.3 is 13.8 Å². The Hall–Kier alpha value is -2.77. The first-order chi connectivity index (χ1) is 20.1. The third kappa shape index (κ3) is 3.76. The number of nitrogens with zero attached hydrogens (tertiary/aromatic N) is 3. The van der Waals surface area contributed by atoms with Gasteiger partial charge in [0.05, 0.1) is 6.20 Å². The van der Waals surface area contributed by atoms with E-state index < -0.39 is 0 Å². The van der Waals surface area contributed by atoms with E-state index in [0.29, 0.717) is 17.6 Å². The van der Waals surface area contributed by atoms with Crippen molar-refractivity contribution in [1.29, 1.82) is 0 Å². The summed E-state index contributed by atoms with van der Waals surface area (Å²) in [6.45, 7) is 18.0. The van der Waals surface area contributed by atoms with Crippen LogP contribution in [0.3, 0.4) is 0 Å². The molecule has 0 amide bonds. The molecule has 2 aromatic heterocycles. The molecule has 0 bridgehead atoms. The molecule has 8 heteroatoms. The number of carbonyl (C=O) groups excluding carboxylic acids is 2. The van der Waals surface area contributed by atoms with Crippen LogP contribution in [0.2, 0.25) is 0 Å². The summed E-state index contributed by atoms with van der Waals surface area (Å²) in [4.78, 5) is 31.0. The average molecular weight is 590 g/mol. The molecule has 7 rings (SSSR count). The summed E-state index contributed by atoms with van der Waals surface area (Å²) in [7, 11) is 0. The molecule has 8 nitrogen and oxygen atoms in total. The Balaban J connectivity index is 1.33. The molecule has 0 unspecified atom stereocenters. The van der Waals surface area contributed by atoms with E-state index in [2.05, 4.69) is 64.9 Å². The Morgan fingerprint density at radius 1 is 1.02 bits per heavy atom. The number of carbonyl (C=O) groups is 2. The van der Waals surface area contributed by atoms with Crippen molar-refractivity contribution < 1.29 is 23.4 Å². The zero-order chi connectivity index (χ0) is 30.8. The van der Waals surface area contributed by atoms with Crippen molar-refractivity contribution in [2.75, 3.05) is 0 Å². The molecule has 43 heavy (non-hydrogen) atoms. The van der Waals surface area contributed by atoms with Crippen LogP contribution in [0.1, 0.15) is 123 Å². The molecular formula is C35H47N3O5. The molecule has 3 fully saturated rings. The first-order valence-corrected chi connectivity index (χ1v) is 16.2. The van der Waals surface area contributed by atoms with E-state index in [-0.39, 0.29) is 62.7 Å². The van der Waals surface area contributed by atoms with Crippen molar-refractivity contribution in [2.45, 2.75) is 124 Å². The highest BCUT2D eigenvalue weighted by molar-refractivity contribution is 5.95. The second-order valence-electron chi connectivity index (χ2n) is 16.7. The van der Waals surface area contributed by atoms with Crippen LogP contribution in [0.15, 0.2) is 26.9 Å². The van der Waals surface area contributed by atoms with Gasteiger partial charge in [0, 0.05) is 29.2 Å². The standard InChI is InChI=1S/C35H47N3O5/c1-20(39)41-19-26-37-29(38-42-26)35-13-11-30(2,3)17-22(35)27-23(40)15-25-32(6)16-21-18-36-43-28(21)31(4,5)24(32)9-10-33(25,7)34(27,8)12-14-35/h15,18,22,24,27H,9-14,16-17,19H2,1-8H3/t22-,24-,27-,32-,33+,34+,35-/m0/s1.